The molecule has 1 amide bonds. The van der Waals surface area contributed by atoms with Crippen molar-refractivity contribution in [1.29, 1.82) is 0 Å². The third-order valence-electron chi connectivity index (χ3n) is 2.99. The van der Waals surface area contributed by atoms with Crippen LogP contribution in [0.25, 0.3) is 0 Å². The van der Waals surface area contributed by atoms with E-state index in [9.17, 15) is 4.79 Å². The van der Waals surface area contributed by atoms with Gasteiger partial charge in [-0.15, -0.1) is 11.8 Å². The first-order valence-electron chi connectivity index (χ1n) is 6.47. The number of ether oxygens (including phenoxy) is 1. The van der Waals surface area contributed by atoms with E-state index in [-0.39, 0.29) is 18.1 Å². The summed E-state index contributed by atoms with van der Waals surface area (Å²) in [5, 5.41) is 6.00. The van der Waals surface area contributed by atoms with Gasteiger partial charge in [-0.1, -0.05) is 18.2 Å². The molecule has 4 nitrogen and oxygen atoms in total. The van der Waals surface area contributed by atoms with Crippen LogP contribution in [0.2, 0.25) is 0 Å². The molecule has 0 radical (unpaired) electrons. The van der Waals surface area contributed by atoms with Crippen molar-refractivity contribution in [3.63, 3.8) is 0 Å². The van der Waals surface area contributed by atoms with Gasteiger partial charge < -0.3 is 15.4 Å². The highest BCUT2D eigenvalue weighted by Crippen LogP contribution is 2.16. The minimum Gasteiger partial charge on any atom is -0.363 e. The molecule has 2 N–H and O–H groups in total. The van der Waals surface area contributed by atoms with Crippen molar-refractivity contribution in [2.45, 2.75) is 17.4 Å². The second kappa shape index (κ2) is 6.93. The van der Waals surface area contributed by atoms with Crippen molar-refractivity contribution in [3.8, 4) is 0 Å². The Morgan fingerprint density at radius 1 is 1.42 bits per heavy atom. The molecule has 0 saturated carbocycles. The summed E-state index contributed by atoms with van der Waals surface area (Å²) in [6, 6.07) is 10.2. The topological polar surface area (TPSA) is 50.4 Å². The van der Waals surface area contributed by atoms with Crippen LogP contribution in [0.4, 0.5) is 0 Å². The van der Waals surface area contributed by atoms with Gasteiger partial charge >= 0.3 is 0 Å². The van der Waals surface area contributed by atoms with Crippen LogP contribution < -0.4 is 10.6 Å². The first kappa shape index (κ1) is 14.4. The fraction of sp³-hybridized carbons (Fsp3) is 0.500. The van der Waals surface area contributed by atoms with E-state index in [2.05, 4.69) is 22.8 Å². The van der Waals surface area contributed by atoms with Crippen LogP contribution in [0.1, 0.15) is 6.92 Å². The highest BCUT2D eigenvalue weighted by molar-refractivity contribution is 7.99. The second-order valence-corrected chi connectivity index (χ2v) is 6.02. The third kappa shape index (κ3) is 4.86. The number of carbonyl (C=O) groups excluding carboxylic acids is 1. The molecule has 1 aliphatic rings. The number of hydrogen-bond donors (Lipinski definition) is 2. The smallest absolute Gasteiger partial charge is 0.246 e. The largest absolute Gasteiger partial charge is 0.363 e. The molecule has 0 unspecified atom stereocenters. The third-order valence-corrected chi connectivity index (χ3v) is 4.00. The first-order chi connectivity index (χ1) is 9.18. The van der Waals surface area contributed by atoms with E-state index in [0.29, 0.717) is 6.54 Å². The van der Waals surface area contributed by atoms with Crippen LogP contribution in [0.15, 0.2) is 35.2 Å². The van der Waals surface area contributed by atoms with Crippen molar-refractivity contribution < 1.29 is 9.53 Å². The standard InChI is InChI=1S/C14H20N2O2S/c1-14(10-15-11-14)18-9-13(17)16-7-8-19-12-5-3-2-4-6-12/h2-6,15H,7-11H2,1H3,(H,16,17). The summed E-state index contributed by atoms with van der Waals surface area (Å²) in [4.78, 5) is 12.8. The van der Waals surface area contributed by atoms with Gasteiger partial charge in [0.05, 0.1) is 5.60 Å². The molecule has 1 aliphatic heterocycles. The Hall–Kier alpha value is -1.04. The molecule has 0 bridgehead atoms. The predicted molar refractivity (Wildman–Crippen MR) is 77.4 cm³/mol. The summed E-state index contributed by atoms with van der Waals surface area (Å²) in [7, 11) is 0. The molecule has 5 heteroatoms. The van der Waals surface area contributed by atoms with E-state index in [0.717, 1.165) is 18.8 Å². The Balaban J connectivity index is 1.54. The zero-order chi connectivity index (χ0) is 13.6. The van der Waals surface area contributed by atoms with Crippen molar-refractivity contribution >= 4 is 17.7 Å². The summed E-state index contributed by atoms with van der Waals surface area (Å²) < 4.78 is 5.56. The van der Waals surface area contributed by atoms with Gasteiger partial charge in [0.25, 0.3) is 0 Å². The predicted octanol–water partition coefficient (Wildman–Crippen LogP) is 1.27. The number of benzene rings is 1. The quantitative estimate of drug-likeness (QED) is 0.583. The molecule has 1 fully saturated rings. The maximum Gasteiger partial charge on any atom is 0.246 e. The lowest BCUT2D eigenvalue weighted by molar-refractivity contribution is -0.135. The van der Waals surface area contributed by atoms with E-state index in [1.54, 1.807) is 11.8 Å². The van der Waals surface area contributed by atoms with Gasteiger partial charge in [0.1, 0.15) is 6.61 Å². The van der Waals surface area contributed by atoms with Gasteiger partial charge in [-0.25, -0.2) is 0 Å². The van der Waals surface area contributed by atoms with Crippen LogP contribution in [0.5, 0.6) is 0 Å². The monoisotopic (exact) mass is 280 g/mol. The maximum absolute atomic E-state index is 11.6. The molecule has 1 heterocycles. The van der Waals surface area contributed by atoms with Gasteiger partial charge in [0.15, 0.2) is 0 Å². The molecule has 0 aliphatic carbocycles. The van der Waals surface area contributed by atoms with Crippen molar-refractivity contribution in [2.75, 3.05) is 32.0 Å². The number of rotatable bonds is 7. The first-order valence-corrected chi connectivity index (χ1v) is 7.46. The molecule has 0 atom stereocenters. The normalized spacial score (nSPS) is 16.7. The van der Waals surface area contributed by atoms with Gasteiger partial charge in [-0.2, -0.15) is 0 Å². The van der Waals surface area contributed by atoms with Crippen LogP contribution in [-0.2, 0) is 9.53 Å². The minimum absolute atomic E-state index is 0.0400. The molecule has 1 saturated heterocycles. The van der Waals surface area contributed by atoms with Gasteiger partial charge in [-0.3, -0.25) is 4.79 Å². The number of amides is 1. The van der Waals surface area contributed by atoms with E-state index in [4.69, 9.17) is 4.74 Å². The molecule has 0 aromatic heterocycles. The Labute approximate surface area is 118 Å². The van der Waals surface area contributed by atoms with Crippen molar-refractivity contribution in [1.82, 2.24) is 10.6 Å². The number of carbonyl (C=O) groups is 1. The Morgan fingerprint density at radius 3 is 2.79 bits per heavy atom. The van der Waals surface area contributed by atoms with Crippen LogP contribution in [0, 0.1) is 0 Å². The zero-order valence-corrected chi connectivity index (χ0v) is 12.0. The minimum atomic E-state index is -0.157. The molecule has 0 spiro atoms. The van der Waals surface area contributed by atoms with Gasteiger partial charge in [0, 0.05) is 30.3 Å². The molecular weight excluding hydrogens is 260 g/mol. The lowest BCUT2D eigenvalue weighted by atomic mass is 10.0. The van der Waals surface area contributed by atoms with Gasteiger partial charge in [-0.05, 0) is 19.1 Å². The summed E-state index contributed by atoms with van der Waals surface area (Å²) in [5.41, 5.74) is -0.157. The highest BCUT2D eigenvalue weighted by atomic mass is 32.2. The highest BCUT2D eigenvalue weighted by Gasteiger charge is 2.32. The summed E-state index contributed by atoms with van der Waals surface area (Å²) >= 11 is 1.74. The van der Waals surface area contributed by atoms with E-state index in [1.807, 2.05) is 25.1 Å². The van der Waals surface area contributed by atoms with Crippen molar-refractivity contribution in [2.24, 2.45) is 0 Å². The van der Waals surface area contributed by atoms with Gasteiger partial charge in [0.2, 0.25) is 5.91 Å². The summed E-state index contributed by atoms with van der Waals surface area (Å²) in [5.74, 6) is 0.830. The van der Waals surface area contributed by atoms with Crippen LogP contribution in [-0.4, -0.2) is 43.5 Å². The molecule has 19 heavy (non-hydrogen) atoms. The fourth-order valence-corrected chi connectivity index (χ4v) is 2.54. The lowest BCUT2D eigenvalue weighted by Gasteiger charge is -2.38. The lowest BCUT2D eigenvalue weighted by Crippen LogP contribution is -2.59. The van der Waals surface area contributed by atoms with E-state index < -0.39 is 0 Å². The Bertz CT molecular complexity index is 407. The summed E-state index contributed by atoms with van der Waals surface area (Å²) in [6.07, 6.45) is 0. The number of nitrogens with one attached hydrogen (secondary N) is 2. The molecular formula is C14H20N2O2S. The number of thioether (sulfide) groups is 1. The molecule has 104 valence electrons. The molecule has 1 aromatic rings. The fourth-order valence-electron chi connectivity index (χ4n) is 1.75. The average Bonchev–Trinajstić information content (AvgIpc) is 2.40. The Morgan fingerprint density at radius 2 is 2.16 bits per heavy atom. The molecule has 2 rings (SSSR count). The SMILES string of the molecule is CC1(OCC(=O)NCCSc2ccccc2)CNC1. The van der Waals surface area contributed by atoms with E-state index >= 15 is 0 Å². The van der Waals surface area contributed by atoms with Crippen LogP contribution >= 0.6 is 11.8 Å². The zero-order valence-electron chi connectivity index (χ0n) is 11.1. The Kier molecular flexibility index (Phi) is 5.24. The maximum atomic E-state index is 11.6. The summed E-state index contributed by atoms with van der Waals surface area (Å²) in [6.45, 7) is 4.47. The van der Waals surface area contributed by atoms with E-state index in [1.165, 1.54) is 4.90 Å². The second-order valence-electron chi connectivity index (χ2n) is 4.85. The van der Waals surface area contributed by atoms with Crippen LogP contribution in [0.3, 0.4) is 0 Å². The molecule has 1 aromatic carbocycles. The number of hydrogen-bond acceptors (Lipinski definition) is 4. The van der Waals surface area contributed by atoms with Crippen molar-refractivity contribution in [3.05, 3.63) is 30.3 Å². The average molecular weight is 280 g/mol.